The highest BCUT2D eigenvalue weighted by Crippen LogP contribution is 2.34. The van der Waals surface area contributed by atoms with Gasteiger partial charge in [-0.3, -0.25) is 9.59 Å². The van der Waals surface area contributed by atoms with E-state index in [0.29, 0.717) is 0 Å². The second-order valence-corrected chi connectivity index (χ2v) is 5.13. The average Bonchev–Trinajstić information content (AvgIpc) is 2.13. The average molecular weight is 236 g/mol. The van der Waals surface area contributed by atoms with E-state index in [4.69, 9.17) is 0 Å². The molecule has 2 amide bonds. The molecule has 0 aliphatic rings. The molecule has 0 radical (unpaired) electrons. The van der Waals surface area contributed by atoms with Crippen LogP contribution < -0.4 is 10.6 Å². The zero-order valence-electron chi connectivity index (χ0n) is 9.48. The van der Waals surface area contributed by atoms with E-state index in [1.54, 1.807) is 27.7 Å². The summed E-state index contributed by atoms with van der Waals surface area (Å²) in [5.74, 6) is -0.917. The highest BCUT2D eigenvalue weighted by molar-refractivity contribution is 7.15. The maximum absolute atomic E-state index is 12.0. The second-order valence-electron chi connectivity index (χ2n) is 4.84. The van der Waals surface area contributed by atoms with Crippen LogP contribution in [0.3, 0.4) is 0 Å². The number of nitrogens with one attached hydrogen (secondary N) is 2. The number of hydrogen-bond donors (Lipinski definition) is 2. The summed E-state index contributed by atoms with van der Waals surface area (Å²) in [5.41, 5.74) is -0.537. The van der Waals surface area contributed by atoms with Gasteiger partial charge in [0.15, 0.2) is 0 Å². The van der Waals surface area contributed by atoms with Crippen molar-refractivity contribution < 1.29 is 14.1 Å². The van der Waals surface area contributed by atoms with Crippen LogP contribution >= 0.6 is 9.39 Å². The number of hydrogen-bond acceptors (Lipinski definition) is 2. The van der Waals surface area contributed by atoms with Gasteiger partial charge in [0.25, 0.3) is 5.91 Å². The largest absolute Gasteiger partial charge is 0.340 e. The first-order chi connectivity index (χ1) is 6.67. The van der Waals surface area contributed by atoms with Crippen LogP contribution in [-0.4, -0.2) is 11.8 Å². The maximum Gasteiger partial charge on any atom is 0.253 e. The molecule has 88 valence electrons. The van der Waals surface area contributed by atoms with Crippen molar-refractivity contribution in [3.8, 4) is 0 Å². The van der Waals surface area contributed by atoms with Crippen molar-refractivity contribution in [2.24, 2.45) is 10.8 Å². The molecule has 2 N–H and O–H groups in total. The molecule has 4 nitrogen and oxygen atoms in total. The van der Waals surface area contributed by atoms with Crippen molar-refractivity contribution in [1.29, 1.82) is 0 Å². The minimum absolute atomic E-state index is 0.202. The summed E-state index contributed by atoms with van der Waals surface area (Å²) >= 11 is 0. The first-order valence-electron chi connectivity index (χ1n) is 4.59. The van der Waals surface area contributed by atoms with E-state index in [-0.39, 0.29) is 12.3 Å². The van der Waals surface area contributed by atoms with Gasteiger partial charge in [0.1, 0.15) is 0 Å². The Hall–Kier alpha value is -0.700. The fourth-order valence-electron chi connectivity index (χ4n) is 1.59. The summed E-state index contributed by atoms with van der Waals surface area (Å²) in [4.78, 5) is 22.7. The smallest absolute Gasteiger partial charge is 0.253 e. The number of carbonyl (C=O) groups is 2. The molecule has 6 heteroatoms. The molecule has 1 atom stereocenters. The van der Waals surface area contributed by atoms with Gasteiger partial charge in [-0.25, -0.2) is 0 Å². The monoisotopic (exact) mass is 236 g/mol. The molecule has 1 unspecified atom stereocenters. The van der Waals surface area contributed by atoms with Gasteiger partial charge < -0.3 is 5.09 Å². The molecule has 0 spiro atoms. The van der Waals surface area contributed by atoms with Crippen molar-refractivity contribution in [3.05, 3.63) is 0 Å². The molecule has 0 heterocycles. The van der Waals surface area contributed by atoms with E-state index in [0.717, 1.165) is 5.54 Å². The van der Waals surface area contributed by atoms with Crippen LogP contribution in [0, 0.1) is 10.8 Å². The van der Waals surface area contributed by atoms with Crippen LogP contribution in [0.1, 0.15) is 34.1 Å². The molecule has 0 aliphatic carbocycles. The van der Waals surface area contributed by atoms with E-state index in [2.05, 4.69) is 14.5 Å². The zero-order valence-corrected chi connectivity index (χ0v) is 10.6. The van der Waals surface area contributed by atoms with Gasteiger partial charge in [-0.05, 0) is 15.8 Å². The summed E-state index contributed by atoms with van der Waals surface area (Å²) in [6.07, 6.45) is 0.260. The standard InChI is InChI=1S/C9H18FN2O2P/c1-8(2,6(13)11-10)5-9(3,4)7(14)12-15/h5,15H2,1-4H3,(H,11,13)(H,12,14). The topological polar surface area (TPSA) is 58.2 Å². The summed E-state index contributed by atoms with van der Waals surface area (Å²) in [6, 6.07) is 0. The number of halogens is 1. The van der Waals surface area contributed by atoms with Gasteiger partial charge in [0, 0.05) is 10.8 Å². The van der Waals surface area contributed by atoms with E-state index >= 15 is 0 Å². The van der Waals surface area contributed by atoms with Crippen LogP contribution in [-0.2, 0) is 9.59 Å². The second kappa shape index (κ2) is 4.88. The molecule has 0 saturated carbocycles. The third-order valence-electron chi connectivity index (χ3n) is 2.33. The van der Waals surface area contributed by atoms with Gasteiger partial charge in [-0.2, -0.15) is 5.54 Å². The predicted octanol–water partition coefficient (Wildman–Crippen LogP) is 1.34. The Bertz CT molecular complexity index is 241. The van der Waals surface area contributed by atoms with Gasteiger partial charge in [-0.15, -0.1) is 4.48 Å². The lowest BCUT2D eigenvalue weighted by atomic mass is 9.74. The molecule has 0 fully saturated rings. The molecule has 0 bridgehead atoms. The van der Waals surface area contributed by atoms with E-state index in [1.807, 2.05) is 0 Å². The fourth-order valence-corrected chi connectivity index (χ4v) is 1.98. The van der Waals surface area contributed by atoms with Crippen LogP contribution in [0.5, 0.6) is 0 Å². The maximum atomic E-state index is 12.0. The molecule has 15 heavy (non-hydrogen) atoms. The van der Waals surface area contributed by atoms with Crippen molar-refractivity contribution in [3.63, 3.8) is 0 Å². The van der Waals surface area contributed by atoms with Crippen LogP contribution in [0.15, 0.2) is 0 Å². The van der Waals surface area contributed by atoms with Crippen LogP contribution in [0.25, 0.3) is 0 Å². The molecule has 0 aliphatic heterocycles. The van der Waals surface area contributed by atoms with E-state index in [9.17, 15) is 14.1 Å². The quantitative estimate of drug-likeness (QED) is 0.571. The van der Waals surface area contributed by atoms with Gasteiger partial charge in [-0.1, -0.05) is 27.7 Å². The highest BCUT2D eigenvalue weighted by atomic mass is 31.0. The molecule has 0 aromatic carbocycles. The SMILES string of the molecule is CC(C)(CC(C)(C)C(=O)NP)C(=O)NF. The van der Waals surface area contributed by atoms with E-state index in [1.165, 1.54) is 0 Å². The Labute approximate surface area is 91.6 Å². The third kappa shape index (κ3) is 3.74. The van der Waals surface area contributed by atoms with Crippen molar-refractivity contribution in [2.45, 2.75) is 34.1 Å². The molecule has 0 saturated heterocycles. The van der Waals surface area contributed by atoms with Gasteiger partial charge in [0.2, 0.25) is 5.91 Å². The summed E-state index contributed by atoms with van der Waals surface area (Å²) in [6.45, 7) is 6.61. The Morgan fingerprint density at radius 1 is 1.13 bits per heavy atom. The normalized spacial score (nSPS) is 12.1. The van der Waals surface area contributed by atoms with Gasteiger partial charge >= 0.3 is 0 Å². The molecule has 0 rings (SSSR count). The fraction of sp³-hybridized carbons (Fsp3) is 0.778. The Morgan fingerprint density at radius 3 is 1.87 bits per heavy atom. The first-order valence-corrected chi connectivity index (χ1v) is 5.17. The lowest BCUT2D eigenvalue weighted by Gasteiger charge is -2.31. The van der Waals surface area contributed by atoms with Crippen molar-refractivity contribution in [2.75, 3.05) is 0 Å². The lowest BCUT2D eigenvalue weighted by Crippen LogP contribution is -2.41. The van der Waals surface area contributed by atoms with Gasteiger partial charge in [0.05, 0.1) is 0 Å². The Kier molecular flexibility index (Phi) is 4.65. The van der Waals surface area contributed by atoms with E-state index < -0.39 is 16.7 Å². The van der Waals surface area contributed by atoms with Crippen LogP contribution in [0.4, 0.5) is 4.48 Å². The summed E-state index contributed by atoms with van der Waals surface area (Å²) in [5, 5.41) is 2.44. The van der Waals surface area contributed by atoms with Crippen molar-refractivity contribution in [1.82, 2.24) is 10.6 Å². The number of amides is 2. The predicted molar refractivity (Wildman–Crippen MR) is 59.3 cm³/mol. The van der Waals surface area contributed by atoms with Crippen LogP contribution in [0.2, 0.25) is 0 Å². The summed E-state index contributed by atoms with van der Waals surface area (Å²) in [7, 11) is 2.11. The highest BCUT2D eigenvalue weighted by Gasteiger charge is 2.38. The first kappa shape index (κ1) is 14.3. The summed E-state index contributed by atoms with van der Waals surface area (Å²) < 4.78 is 12.0. The number of rotatable bonds is 4. The Morgan fingerprint density at radius 2 is 1.53 bits per heavy atom. The molecule has 0 aromatic heterocycles. The van der Waals surface area contributed by atoms with Crippen molar-refractivity contribution >= 4 is 21.2 Å². The minimum atomic E-state index is -0.921. The lowest BCUT2D eigenvalue weighted by molar-refractivity contribution is -0.138. The third-order valence-corrected chi connectivity index (χ3v) is 2.59. The molecular formula is C9H18FN2O2P. The minimum Gasteiger partial charge on any atom is -0.340 e. The number of carbonyl (C=O) groups excluding carboxylic acids is 2. The molecule has 0 aromatic rings. The molecular weight excluding hydrogens is 218 g/mol. The zero-order chi connectivity index (χ0) is 12.3. The Balaban J connectivity index is 4.71.